The van der Waals surface area contributed by atoms with E-state index in [2.05, 4.69) is 139 Å². The van der Waals surface area contributed by atoms with Crippen LogP contribution in [0.1, 0.15) is 186 Å². The van der Waals surface area contributed by atoms with Crippen LogP contribution >= 0.6 is 7.14 Å². The molecular weight excluding hydrogens is 1330 g/mol. The van der Waals surface area contributed by atoms with E-state index in [4.69, 9.17) is 10.5 Å². The van der Waals surface area contributed by atoms with Gasteiger partial charge in [0.05, 0.1) is 23.3 Å². The number of hydrogen-bond acceptors (Lipinski definition) is 3. The highest BCUT2D eigenvalue weighted by Crippen LogP contribution is 2.57. The normalized spacial score (nSPS) is 16.8. The van der Waals surface area contributed by atoms with E-state index in [1.54, 1.807) is 75.4 Å². The highest BCUT2D eigenvalue weighted by molar-refractivity contribution is 7.78. The molecule has 6 fully saturated rings. The zero-order valence-electron chi connectivity index (χ0n) is 66.8. The molecule has 10 aromatic rings. The zero-order chi connectivity index (χ0) is 77.8. The molecule has 6 aliphatic carbocycles. The molecule has 0 N–H and O–H groups in total. The molecule has 0 radical (unpaired) electrons. The van der Waals surface area contributed by atoms with Gasteiger partial charge in [-0.2, -0.15) is 10.5 Å². The van der Waals surface area contributed by atoms with Crippen LogP contribution in [0.25, 0.3) is 0 Å². The summed E-state index contributed by atoms with van der Waals surface area (Å²) >= 11 is 0. The van der Waals surface area contributed by atoms with Crippen molar-refractivity contribution in [2.24, 2.45) is 41.4 Å². The van der Waals surface area contributed by atoms with E-state index in [1.165, 1.54) is 141 Å². The van der Waals surface area contributed by atoms with Gasteiger partial charge in [0.15, 0.2) is 0 Å². The third-order valence-electron chi connectivity index (χ3n) is 21.1. The quantitative estimate of drug-likeness (QED) is 0.118. The number of halogens is 3. The summed E-state index contributed by atoms with van der Waals surface area (Å²) in [4.78, 5) is 0. The molecule has 3 nitrogen and oxygen atoms in total. The second kappa shape index (κ2) is 50.0. The fraction of sp³-hybridized carbons (Fsp3) is 0.374. The van der Waals surface area contributed by atoms with Crippen molar-refractivity contribution in [3.63, 3.8) is 0 Å². The van der Waals surface area contributed by atoms with Crippen molar-refractivity contribution >= 4 is 35.4 Å². The van der Waals surface area contributed by atoms with Crippen molar-refractivity contribution in [3.8, 4) is 12.1 Å². The first-order valence-electron chi connectivity index (χ1n) is 39.5. The van der Waals surface area contributed by atoms with Crippen LogP contribution in [0.5, 0.6) is 0 Å². The Balaban J connectivity index is 0.000000213. The average molecular weight is 1460 g/mol. The SMILES string of the molecule is CB(c1ccccc1)c1ccccc1.CCC1C2CC3CC(C2)CC1C3.CCC1CCCC1.CCC1CCCCC1.CP(=O)(c1ccccc1)c1ccccc1.Cc1cc(C)cc(C)c1.Cc1ccc(C#N)cc1.Cc1ccc(F)cc1.Cc1cccc(C#N)c1.Cc1cccc(F)c1.Cc1ccccc1F. The molecule has 0 spiro atoms. The van der Waals surface area contributed by atoms with Gasteiger partial charge in [0.25, 0.3) is 0 Å². The molecule has 0 saturated heterocycles. The Kier molecular flexibility index (Phi) is 41.5. The van der Waals surface area contributed by atoms with Crippen LogP contribution in [0.2, 0.25) is 6.82 Å². The Bertz CT molecular complexity index is 3940. The summed E-state index contributed by atoms with van der Waals surface area (Å²) in [5.41, 5.74) is 13.3. The van der Waals surface area contributed by atoms with Gasteiger partial charge < -0.3 is 4.57 Å². The largest absolute Gasteiger partial charge is 0.314 e. The van der Waals surface area contributed by atoms with Gasteiger partial charge in [0.2, 0.25) is 6.71 Å². The number of aryl methyl sites for hydroxylation is 8. The van der Waals surface area contributed by atoms with Crippen LogP contribution < -0.4 is 21.5 Å². The fourth-order valence-corrected chi connectivity index (χ4v) is 17.0. The molecule has 564 valence electrons. The van der Waals surface area contributed by atoms with E-state index in [1.807, 2.05) is 150 Å². The van der Waals surface area contributed by atoms with E-state index in [0.717, 1.165) is 79.9 Å². The number of benzene rings is 10. The predicted octanol–water partition coefficient (Wildman–Crippen LogP) is 26.3. The van der Waals surface area contributed by atoms with Crippen LogP contribution in [0.15, 0.2) is 261 Å². The fourth-order valence-electron chi connectivity index (χ4n) is 15.2. The highest BCUT2D eigenvalue weighted by atomic mass is 31.2. The summed E-state index contributed by atoms with van der Waals surface area (Å²) in [6, 6.07) is 85.8. The summed E-state index contributed by atoms with van der Waals surface area (Å²) in [6.07, 6.45) is 25.8. The smallest absolute Gasteiger partial charge is 0.206 e. The van der Waals surface area contributed by atoms with Gasteiger partial charge in [-0.1, -0.05) is 350 Å². The van der Waals surface area contributed by atoms with E-state index in [-0.39, 0.29) is 17.5 Å². The lowest BCUT2D eigenvalue weighted by molar-refractivity contribution is -0.0376. The lowest BCUT2D eigenvalue weighted by atomic mass is 9.43. The Morgan fingerprint density at radius 3 is 1.08 bits per heavy atom. The van der Waals surface area contributed by atoms with E-state index >= 15 is 0 Å². The molecule has 107 heavy (non-hydrogen) atoms. The van der Waals surface area contributed by atoms with Crippen LogP contribution in [-0.2, 0) is 4.57 Å². The number of hydrogen-bond donors (Lipinski definition) is 0. The van der Waals surface area contributed by atoms with Crippen LogP contribution in [-0.4, -0.2) is 13.4 Å². The molecule has 16 rings (SSSR count). The van der Waals surface area contributed by atoms with E-state index in [0.29, 0.717) is 12.3 Å². The van der Waals surface area contributed by atoms with E-state index < -0.39 is 7.14 Å². The van der Waals surface area contributed by atoms with Gasteiger partial charge in [-0.25, -0.2) is 13.2 Å². The van der Waals surface area contributed by atoms with Gasteiger partial charge in [0.1, 0.15) is 24.6 Å². The van der Waals surface area contributed by atoms with Crippen molar-refractivity contribution in [2.45, 2.75) is 192 Å². The molecule has 6 saturated carbocycles. The highest BCUT2D eigenvalue weighted by Gasteiger charge is 2.47. The molecule has 0 aliphatic heterocycles. The minimum Gasteiger partial charge on any atom is -0.314 e. The number of rotatable bonds is 7. The topological polar surface area (TPSA) is 64.7 Å². The molecule has 10 aromatic carbocycles. The second-order valence-corrected chi connectivity index (χ2v) is 33.0. The zero-order valence-corrected chi connectivity index (χ0v) is 67.7. The van der Waals surface area contributed by atoms with Gasteiger partial charge in [-0.15, -0.1) is 0 Å². The van der Waals surface area contributed by atoms with Crippen molar-refractivity contribution in [3.05, 3.63) is 334 Å². The van der Waals surface area contributed by atoms with Crippen molar-refractivity contribution in [2.75, 3.05) is 6.66 Å². The summed E-state index contributed by atoms with van der Waals surface area (Å²) in [6.45, 7) is 27.5. The number of nitrogens with zero attached hydrogens (tertiary/aromatic N) is 2. The predicted molar refractivity (Wildman–Crippen MR) is 455 cm³/mol. The van der Waals surface area contributed by atoms with Gasteiger partial charge >= 0.3 is 0 Å². The minimum atomic E-state index is -2.40. The van der Waals surface area contributed by atoms with Gasteiger partial charge in [-0.3, -0.25) is 0 Å². The summed E-state index contributed by atoms with van der Waals surface area (Å²) < 4.78 is 49.2. The third-order valence-corrected chi connectivity index (χ3v) is 23.7. The Morgan fingerprint density at radius 1 is 0.374 bits per heavy atom. The first-order chi connectivity index (χ1) is 51.5. The van der Waals surface area contributed by atoms with Crippen LogP contribution in [0, 0.1) is 137 Å². The average Bonchev–Trinajstić information content (AvgIpc) is 0.906. The summed E-state index contributed by atoms with van der Waals surface area (Å²) in [5, 5.41) is 18.6. The molecule has 0 unspecified atom stereocenters. The standard InChI is InChI=1S/C13H13B.C13H13OP.C12H20.C9H12.2C8H7N.C8H16.3C7H7F.C7H14/c1-14(12-8-4-2-5-9-12)13-10-6-3-7-11-13;1-15(14,12-8-4-2-5-9-12)13-10-6-3-7-11-13;1-2-12-10-4-8-3-9(6-10)7-11(12)5-8;1-7-4-8(2)6-9(3)5-7;1-7-2-4-8(6-9)5-3-7;1-7-3-2-4-8(5-7)6-9;1-2-8-6-4-3-5-7-8;1-6-2-4-7(8)5-3-6;1-6-3-2-4-7(8)5-6;1-6-4-2-3-5-7(6)8;1-2-7-5-3-4-6-7/h2-11H,1H3;2-11H,1H3;8-12H,2-7H2,1H3;4-6H,1-3H3;2*2-5H,1H3;8H,2-7H2,1H3;3*2-5H,1H3;7H,2-6H2,1H3. The summed E-state index contributed by atoms with van der Waals surface area (Å²) in [5.74, 6) is 7.50. The lowest BCUT2D eigenvalue weighted by Gasteiger charge is -2.54. The Hall–Kier alpha value is -8.74. The lowest BCUT2D eigenvalue weighted by Crippen LogP contribution is -2.44. The maximum atomic E-state index is 12.6. The first kappa shape index (κ1) is 88.9. The maximum Gasteiger partial charge on any atom is 0.206 e. The summed E-state index contributed by atoms with van der Waals surface area (Å²) in [7, 11) is -2.40. The molecule has 0 heterocycles. The molecule has 8 heteroatoms. The molecule has 6 aliphatic rings. The van der Waals surface area contributed by atoms with Gasteiger partial charge in [-0.05, 0) is 207 Å². The van der Waals surface area contributed by atoms with Crippen molar-refractivity contribution in [1.82, 2.24) is 0 Å². The Morgan fingerprint density at radius 2 is 0.757 bits per heavy atom. The first-order valence-corrected chi connectivity index (χ1v) is 41.6. The van der Waals surface area contributed by atoms with Crippen LogP contribution in [0.4, 0.5) is 13.2 Å². The monoisotopic (exact) mass is 1450 g/mol. The minimum absolute atomic E-state index is 0.132. The van der Waals surface area contributed by atoms with Crippen LogP contribution in [0.3, 0.4) is 0 Å². The maximum absolute atomic E-state index is 12.6. The third kappa shape index (κ3) is 34.8. The Labute approximate surface area is 646 Å². The van der Waals surface area contributed by atoms with Crippen molar-refractivity contribution < 1.29 is 17.7 Å². The molecular formula is C99H123BF3N2OP. The van der Waals surface area contributed by atoms with E-state index in [9.17, 15) is 17.7 Å². The number of nitriles is 2. The molecule has 0 aromatic heterocycles. The van der Waals surface area contributed by atoms with Gasteiger partial charge in [0, 0.05) is 10.6 Å². The van der Waals surface area contributed by atoms with Crippen molar-refractivity contribution in [1.29, 1.82) is 10.5 Å². The molecule has 0 amide bonds. The molecule has 0 atom stereocenters. The second-order valence-electron chi connectivity index (χ2n) is 30.1. The molecule has 4 bridgehead atoms.